The number of aromatic nitrogens is 4. The molecule has 0 unspecified atom stereocenters. The van der Waals surface area contributed by atoms with E-state index < -0.39 is 0 Å². The molecule has 2 aromatic heterocycles. The average molecular weight is 497 g/mol. The first-order valence-corrected chi connectivity index (χ1v) is 12.4. The van der Waals surface area contributed by atoms with Crippen molar-refractivity contribution in [3.05, 3.63) is 90.1 Å². The summed E-state index contributed by atoms with van der Waals surface area (Å²) in [7, 11) is 1.58. The SMILES string of the molecule is CNC(=O)c1ccc(NC(=O)CSc2nnc(-c3c[nH]c4ccccc34)n2-c2cccc(C)c2)cc1. The summed E-state index contributed by atoms with van der Waals surface area (Å²) in [5.41, 5.74) is 5.14. The molecule has 8 nitrogen and oxygen atoms in total. The molecule has 180 valence electrons. The largest absolute Gasteiger partial charge is 0.360 e. The van der Waals surface area contributed by atoms with E-state index in [-0.39, 0.29) is 17.6 Å². The Balaban J connectivity index is 1.40. The number of aryl methyl sites for hydroxylation is 1. The van der Waals surface area contributed by atoms with E-state index in [1.807, 2.05) is 60.2 Å². The summed E-state index contributed by atoms with van der Waals surface area (Å²) in [4.78, 5) is 27.7. The minimum Gasteiger partial charge on any atom is -0.360 e. The summed E-state index contributed by atoms with van der Waals surface area (Å²) in [6.07, 6.45) is 1.94. The van der Waals surface area contributed by atoms with Crippen molar-refractivity contribution in [2.24, 2.45) is 0 Å². The van der Waals surface area contributed by atoms with Gasteiger partial charge in [0, 0.05) is 46.6 Å². The number of carbonyl (C=O) groups is 2. The molecule has 0 saturated carbocycles. The highest BCUT2D eigenvalue weighted by atomic mass is 32.2. The highest BCUT2D eigenvalue weighted by Gasteiger charge is 2.20. The Morgan fingerprint density at radius 3 is 2.58 bits per heavy atom. The standard InChI is InChI=1S/C27H24N6O2S/c1-17-6-5-7-20(14-17)33-25(22-15-29-23-9-4-3-8-21(22)23)31-32-27(33)36-16-24(34)30-19-12-10-18(11-13-19)26(35)28-2/h3-15,29H,16H2,1-2H3,(H,28,35)(H,30,34). The molecule has 5 aromatic rings. The lowest BCUT2D eigenvalue weighted by molar-refractivity contribution is -0.113. The van der Waals surface area contributed by atoms with E-state index in [9.17, 15) is 9.59 Å². The number of para-hydroxylation sites is 1. The molecule has 2 amide bonds. The maximum atomic E-state index is 12.7. The third-order valence-electron chi connectivity index (χ3n) is 5.71. The van der Waals surface area contributed by atoms with Crippen LogP contribution in [0.3, 0.4) is 0 Å². The number of hydrogen-bond acceptors (Lipinski definition) is 5. The number of anilines is 1. The van der Waals surface area contributed by atoms with Gasteiger partial charge in [-0.25, -0.2) is 0 Å². The first kappa shape index (κ1) is 23.4. The van der Waals surface area contributed by atoms with Crippen LogP contribution < -0.4 is 10.6 Å². The number of nitrogens with one attached hydrogen (secondary N) is 3. The first-order chi connectivity index (χ1) is 17.5. The summed E-state index contributed by atoms with van der Waals surface area (Å²) < 4.78 is 1.98. The zero-order chi connectivity index (χ0) is 25.1. The van der Waals surface area contributed by atoms with Crippen molar-refractivity contribution in [3.63, 3.8) is 0 Å². The van der Waals surface area contributed by atoms with E-state index >= 15 is 0 Å². The number of H-pyrrole nitrogens is 1. The lowest BCUT2D eigenvalue weighted by atomic mass is 10.1. The molecule has 0 aliphatic heterocycles. The minimum atomic E-state index is -0.180. The van der Waals surface area contributed by atoms with Gasteiger partial charge in [-0.15, -0.1) is 10.2 Å². The number of amides is 2. The van der Waals surface area contributed by atoms with Crippen LogP contribution in [0.2, 0.25) is 0 Å². The molecule has 0 atom stereocenters. The molecule has 0 saturated heterocycles. The summed E-state index contributed by atoms with van der Waals surface area (Å²) in [5, 5.41) is 16.1. The monoisotopic (exact) mass is 496 g/mol. The summed E-state index contributed by atoms with van der Waals surface area (Å²) in [6, 6.07) is 22.9. The van der Waals surface area contributed by atoms with Gasteiger partial charge in [0.2, 0.25) is 5.91 Å². The Hall–Kier alpha value is -4.37. The van der Waals surface area contributed by atoms with Crippen LogP contribution in [0, 0.1) is 6.92 Å². The van der Waals surface area contributed by atoms with Crippen LogP contribution in [0.5, 0.6) is 0 Å². The van der Waals surface area contributed by atoms with Crippen LogP contribution in [0.15, 0.2) is 84.1 Å². The molecule has 0 fully saturated rings. The Morgan fingerprint density at radius 1 is 1.00 bits per heavy atom. The maximum Gasteiger partial charge on any atom is 0.251 e. The van der Waals surface area contributed by atoms with Crippen LogP contribution in [0.4, 0.5) is 5.69 Å². The number of hydrogen-bond donors (Lipinski definition) is 3. The topological polar surface area (TPSA) is 105 Å². The highest BCUT2D eigenvalue weighted by molar-refractivity contribution is 7.99. The van der Waals surface area contributed by atoms with E-state index in [1.54, 1.807) is 31.3 Å². The Morgan fingerprint density at radius 2 is 1.81 bits per heavy atom. The number of carbonyl (C=O) groups excluding carboxylic acids is 2. The second-order valence-corrected chi connectivity index (χ2v) is 9.16. The van der Waals surface area contributed by atoms with Gasteiger partial charge in [0.05, 0.1) is 5.75 Å². The van der Waals surface area contributed by atoms with Gasteiger partial charge in [-0.1, -0.05) is 42.1 Å². The molecule has 0 aliphatic carbocycles. The van der Waals surface area contributed by atoms with Crippen LogP contribution in [0.25, 0.3) is 28.0 Å². The molecule has 9 heteroatoms. The Kier molecular flexibility index (Phi) is 6.55. The lowest BCUT2D eigenvalue weighted by Crippen LogP contribution is -2.18. The first-order valence-electron chi connectivity index (χ1n) is 11.4. The van der Waals surface area contributed by atoms with Gasteiger partial charge in [0.1, 0.15) is 0 Å². The van der Waals surface area contributed by atoms with Crippen molar-refractivity contribution in [1.29, 1.82) is 0 Å². The summed E-state index contributed by atoms with van der Waals surface area (Å²) in [5.74, 6) is 0.491. The second kappa shape index (κ2) is 10.1. The normalized spacial score (nSPS) is 10.9. The predicted molar refractivity (Wildman–Crippen MR) is 143 cm³/mol. The quantitative estimate of drug-likeness (QED) is 0.280. The number of nitrogens with zero attached hydrogens (tertiary/aromatic N) is 3. The zero-order valence-corrected chi connectivity index (χ0v) is 20.6. The lowest BCUT2D eigenvalue weighted by Gasteiger charge is -2.11. The van der Waals surface area contributed by atoms with Crippen molar-refractivity contribution in [3.8, 4) is 17.1 Å². The van der Waals surface area contributed by atoms with Gasteiger partial charge >= 0.3 is 0 Å². The molecule has 0 bridgehead atoms. The van der Waals surface area contributed by atoms with Crippen molar-refractivity contribution in [2.45, 2.75) is 12.1 Å². The molecular formula is C27H24N6O2S. The minimum absolute atomic E-state index is 0.148. The third-order valence-corrected chi connectivity index (χ3v) is 6.64. The zero-order valence-electron chi connectivity index (χ0n) is 19.8. The van der Waals surface area contributed by atoms with Gasteiger partial charge in [0.15, 0.2) is 11.0 Å². The average Bonchev–Trinajstić information content (AvgIpc) is 3.51. The number of benzene rings is 3. The number of rotatable bonds is 7. The van der Waals surface area contributed by atoms with Crippen LogP contribution >= 0.6 is 11.8 Å². The van der Waals surface area contributed by atoms with E-state index in [0.717, 1.165) is 27.7 Å². The van der Waals surface area contributed by atoms with E-state index in [4.69, 9.17) is 0 Å². The summed E-state index contributed by atoms with van der Waals surface area (Å²) in [6.45, 7) is 2.04. The fourth-order valence-electron chi connectivity index (χ4n) is 3.97. The van der Waals surface area contributed by atoms with Gasteiger partial charge in [0.25, 0.3) is 5.91 Å². The van der Waals surface area contributed by atoms with E-state index in [1.165, 1.54) is 11.8 Å². The molecule has 2 heterocycles. The molecule has 0 radical (unpaired) electrons. The smallest absolute Gasteiger partial charge is 0.251 e. The van der Waals surface area contributed by atoms with Crippen molar-refractivity contribution >= 4 is 40.2 Å². The molecular weight excluding hydrogens is 472 g/mol. The molecule has 3 N–H and O–H groups in total. The Labute approximate surface area is 212 Å². The highest BCUT2D eigenvalue weighted by Crippen LogP contribution is 2.32. The fraction of sp³-hybridized carbons (Fsp3) is 0.111. The van der Waals surface area contributed by atoms with E-state index in [2.05, 4.69) is 31.9 Å². The fourth-order valence-corrected chi connectivity index (χ4v) is 4.72. The van der Waals surface area contributed by atoms with Crippen molar-refractivity contribution in [1.82, 2.24) is 25.1 Å². The molecule has 3 aromatic carbocycles. The third kappa shape index (κ3) is 4.73. The maximum absolute atomic E-state index is 12.7. The molecule has 5 rings (SSSR count). The number of thioether (sulfide) groups is 1. The van der Waals surface area contributed by atoms with Gasteiger partial charge in [-0.05, 0) is 55.0 Å². The summed E-state index contributed by atoms with van der Waals surface area (Å²) >= 11 is 1.31. The predicted octanol–water partition coefficient (Wildman–Crippen LogP) is 4.81. The van der Waals surface area contributed by atoms with Crippen LogP contribution in [-0.4, -0.2) is 44.4 Å². The molecule has 0 aliphatic rings. The molecule has 0 spiro atoms. The number of fused-ring (bicyclic) bond motifs is 1. The Bertz CT molecular complexity index is 1550. The molecule has 36 heavy (non-hydrogen) atoms. The van der Waals surface area contributed by atoms with E-state index in [0.29, 0.717) is 22.2 Å². The van der Waals surface area contributed by atoms with Crippen molar-refractivity contribution < 1.29 is 9.59 Å². The van der Waals surface area contributed by atoms with Gasteiger partial charge in [-0.3, -0.25) is 14.2 Å². The number of aromatic amines is 1. The van der Waals surface area contributed by atoms with Crippen molar-refractivity contribution in [2.75, 3.05) is 18.1 Å². The van der Waals surface area contributed by atoms with Crippen LogP contribution in [0.1, 0.15) is 15.9 Å². The van der Waals surface area contributed by atoms with Crippen LogP contribution in [-0.2, 0) is 4.79 Å². The van der Waals surface area contributed by atoms with Gasteiger partial charge < -0.3 is 15.6 Å². The van der Waals surface area contributed by atoms with Gasteiger partial charge in [-0.2, -0.15) is 0 Å². The second-order valence-electron chi connectivity index (χ2n) is 8.22.